The summed E-state index contributed by atoms with van der Waals surface area (Å²) in [7, 11) is 0. The van der Waals surface area contributed by atoms with E-state index < -0.39 is 49.5 Å². The van der Waals surface area contributed by atoms with Gasteiger partial charge in [-0.25, -0.2) is 0 Å². The first-order valence-electron chi connectivity index (χ1n) is 25.8. The molecule has 0 spiro atoms. The van der Waals surface area contributed by atoms with E-state index in [-0.39, 0.29) is 18.5 Å². The van der Waals surface area contributed by atoms with E-state index in [1.54, 1.807) is 6.08 Å². The van der Waals surface area contributed by atoms with Gasteiger partial charge >= 0.3 is 5.97 Å². The minimum Gasteiger partial charge on any atom is -0.466 e. The van der Waals surface area contributed by atoms with Crippen molar-refractivity contribution in [2.24, 2.45) is 0 Å². The molecule has 0 bridgehead atoms. The van der Waals surface area contributed by atoms with Crippen molar-refractivity contribution >= 4 is 11.9 Å². The summed E-state index contributed by atoms with van der Waals surface area (Å²) < 4.78 is 16.6. The number of aliphatic hydroxyl groups is 5. The second kappa shape index (κ2) is 42.5. The van der Waals surface area contributed by atoms with Crippen LogP contribution >= 0.6 is 0 Å². The molecule has 0 aromatic heterocycles. The first-order chi connectivity index (χ1) is 30.7. The molecular weight excluding hydrogens is 799 g/mol. The topological polar surface area (TPSA) is 175 Å². The second-order valence-corrected chi connectivity index (χ2v) is 17.9. The van der Waals surface area contributed by atoms with Crippen LogP contribution < -0.4 is 5.32 Å². The lowest BCUT2D eigenvalue weighted by Crippen LogP contribution is -2.60. The summed E-state index contributed by atoms with van der Waals surface area (Å²) >= 11 is 0. The smallest absolute Gasteiger partial charge is 0.305 e. The molecule has 1 aliphatic heterocycles. The molecule has 0 aliphatic carbocycles. The van der Waals surface area contributed by atoms with Crippen LogP contribution in [0.2, 0.25) is 0 Å². The van der Waals surface area contributed by atoms with Crippen molar-refractivity contribution in [3.05, 3.63) is 36.5 Å². The summed E-state index contributed by atoms with van der Waals surface area (Å²) in [5.41, 5.74) is 0. The minimum atomic E-state index is -1.58. The van der Waals surface area contributed by atoms with E-state index in [1.165, 1.54) is 116 Å². The molecule has 0 radical (unpaired) electrons. The fourth-order valence-electron chi connectivity index (χ4n) is 7.77. The molecule has 368 valence electrons. The first kappa shape index (κ1) is 58.9. The molecule has 1 amide bonds. The number of unbranched alkanes of at least 4 members (excludes halogenated alkanes) is 25. The fraction of sp³-hybridized carbons (Fsp3) is 0.846. The first-order valence-corrected chi connectivity index (χ1v) is 25.8. The molecule has 0 saturated carbocycles. The largest absolute Gasteiger partial charge is 0.466 e. The van der Waals surface area contributed by atoms with Crippen LogP contribution in [0.25, 0.3) is 0 Å². The van der Waals surface area contributed by atoms with Crippen molar-refractivity contribution in [1.29, 1.82) is 0 Å². The van der Waals surface area contributed by atoms with Crippen molar-refractivity contribution in [3.8, 4) is 0 Å². The number of amides is 1. The molecule has 1 heterocycles. The Morgan fingerprint density at radius 2 is 1.02 bits per heavy atom. The Hall–Kier alpha value is -2.12. The number of allylic oxidation sites excluding steroid dienone is 5. The molecule has 11 nitrogen and oxygen atoms in total. The van der Waals surface area contributed by atoms with Gasteiger partial charge in [0, 0.05) is 12.8 Å². The third kappa shape index (κ3) is 33.1. The number of carbonyl (C=O) groups is 2. The molecular formula is C52H95NO10. The third-order valence-corrected chi connectivity index (χ3v) is 12.0. The van der Waals surface area contributed by atoms with Gasteiger partial charge in [-0.15, -0.1) is 0 Å². The molecule has 7 unspecified atom stereocenters. The molecule has 1 aliphatic rings. The van der Waals surface area contributed by atoms with E-state index in [1.807, 2.05) is 6.08 Å². The van der Waals surface area contributed by atoms with Crippen molar-refractivity contribution in [2.45, 2.75) is 262 Å². The number of carbonyl (C=O) groups excluding carboxylic acids is 2. The van der Waals surface area contributed by atoms with Gasteiger partial charge in [0.15, 0.2) is 6.29 Å². The van der Waals surface area contributed by atoms with Crippen LogP contribution in [0.1, 0.15) is 219 Å². The highest BCUT2D eigenvalue weighted by Crippen LogP contribution is 2.22. The molecule has 0 aromatic carbocycles. The van der Waals surface area contributed by atoms with E-state index in [2.05, 4.69) is 43.5 Å². The van der Waals surface area contributed by atoms with Gasteiger partial charge in [-0.2, -0.15) is 0 Å². The van der Waals surface area contributed by atoms with Crippen LogP contribution in [-0.2, 0) is 23.8 Å². The number of hydrogen-bond donors (Lipinski definition) is 6. The Morgan fingerprint density at radius 3 is 1.56 bits per heavy atom. The minimum absolute atomic E-state index is 0.0451. The maximum absolute atomic E-state index is 12.9. The SMILES string of the molecule is CCCCCC/C=C\CCCCCCCC(=O)OCCCCCCCC/C=C\CCCCCC(=O)NC(COC1OC(CO)C(O)C(O)C1O)C(O)/C=C/CCCCCCCCC. The molecule has 63 heavy (non-hydrogen) atoms. The summed E-state index contributed by atoms with van der Waals surface area (Å²) in [5.74, 6) is -0.261. The standard InChI is InChI=1S/C52H95NO10/c1-3-5-7-9-11-13-14-16-20-24-28-32-36-40-48(57)61-41-37-33-29-25-21-18-15-17-19-23-27-31-35-39-47(56)53-44(45(55)38-34-30-26-22-12-10-8-6-4-2)43-62-52-51(60)50(59)49(58)46(42-54)63-52/h13-14,17,19,34,38,44-46,49-52,54-55,58-60H,3-12,15-16,18,20-33,35-37,39-43H2,1-2H3,(H,53,56)/b14-13-,19-17-,38-34+. The van der Waals surface area contributed by atoms with Gasteiger partial charge in [-0.1, -0.05) is 159 Å². The average Bonchev–Trinajstić information content (AvgIpc) is 3.28. The van der Waals surface area contributed by atoms with Crippen LogP contribution in [0.15, 0.2) is 36.5 Å². The van der Waals surface area contributed by atoms with Crippen LogP contribution in [0.5, 0.6) is 0 Å². The Kier molecular flexibility index (Phi) is 39.7. The maximum atomic E-state index is 12.9. The maximum Gasteiger partial charge on any atom is 0.305 e. The van der Waals surface area contributed by atoms with Crippen molar-refractivity contribution in [2.75, 3.05) is 19.8 Å². The van der Waals surface area contributed by atoms with Crippen molar-refractivity contribution < 1.29 is 49.3 Å². The highest BCUT2D eigenvalue weighted by Gasteiger charge is 2.44. The molecule has 11 heteroatoms. The zero-order valence-corrected chi connectivity index (χ0v) is 40.0. The number of nitrogens with one attached hydrogen (secondary N) is 1. The fourth-order valence-corrected chi connectivity index (χ4v) is 7.77. The molecule has 1 rings (SSSR count). The van der Waals surface area contributed by atoms with Gasteiger partial charge in [0.05, 0.1) is 32.0 Å². The lowest BCUT2D eigenvalue weighted by Gasteiger charge is -2.40. The zero-order valence-electron chi connectivity index (χ0n) is 40.0. The predicted molar refractivity (Wildman–Crippen MR) is 255 cm³/mol. The van der Waals surface area contributed by atoms with E-state index in [0.717, 1.165) is 70.6 Å². The molecule has 1 fully saturated rings. The van der Waals surface area contributed by atoms with E-state index in [9.17, 15) is 35.1 Å². The summed E-state index contributed by atoms with van der Waals surface area (Å²) in [5, 5.41) is 54.0. The van der Waals surface area contributed by atoms with Crippen LogP contribution in [-0.4, -0.2) is 100 Å². The quantitative estimate of drug-likeness (QED) is 0.0196. The van der Waals surface area contributed by atoms with Gasteiger partial charge in [0.25, 0.3) is 0 Å². The summed E-state index contributed by atoms with van der Waals surface area (Å²) in [6.07, 6.45) is 39.4. The van der Waals surface area contributed by atoms with Crippen LogP contribution in [0, 0.1) is 0 Å². The molecule has 7 atom stereocenters. The highest BCUT2D eigenvalue weighted by atomic mass is 16.7. The Morgan fingerprint density at radius 1 is 0.571 bits per heavy atom. The predicted octanol–water partition coefficient (Wildman–Crippen LogP) is 10.4. The molecule has 1 saturated heterocycles. The van der Waals surface area contributed by atoms with E-state index in [0.29, 0.717) is 25.9 Å². The zero-order chi connectivity index (χ0) is 46.0. The van der Waals surface area contributed by atoms with Gasteiger partial charge in [0.2, 0.25) is 5.91 Å². The number of esters is 1. The second-order valence-electron chi connectivity index (χ2n) is 17.9. The summed E-state index contributed by atoms with van der Waals surface area (Å²) in [6, 6.07) is -0.829. The number of rotatable bonds is 43. The van der Waals surface area contributed by atoms with Gasteiger partial charge in [0.1, 0.15) is 24.4 Å². The van der Waals surface area contributed by atoms with Gasteiger partial charge in [-0.05, 0) is 83.5 Å². The molecule has 6 N–H and O–H groups in total. The van der Waals surface area contributed by atoms with Crippen LogP contribution in [0.3, 0.4) is 0 Å². The monoisotopic (exact) mass is 894 g/mol. The van der Waals surface area contributed by atoms with Crippen molar-refractivity contribution in [1.82, 2.24) is 5.32 Å². The van der Waals surface area contributed by atoms with E-state index >= 15 is 0 Å². The molecule has 0 aromatic rings. The lowest BCUT2D eigenvalue weighted by molar-refractivity contribution is -0.302. The van der Waals surface area contributed by atoms with E-state index in [4.69, 9.17) is 14.2 Å². The Bertz CT molecular complexity index is 1150. The lowest BCUT2D eigenvalue weighted by atomic mass is 9.99. The highest BCUT2D eigenvalue weighted by molar-refractivity contribution is 5.76. The van der Waals surface area contributed by atoms with Gasteiger partial charge < -0.3 is 45.1 Å². The van der Waals surface area contributed by atoms with Gasteiger partial charge in [-0.3, -0.25) is 9.59 Å². The average molecular weight is 894 g/mol. The normalized spacial score (nSPS) is 20.3. The summed E-state index contributed by atoms with van der Waals surface area (Å²) in [6.45, 7) is 4.21. The number of hydrogen-bond acceptors (Lipinski definition) is 10. The summed E-state index contributed by atoms with van der Waals surface area (Å²) in [4.78, 5) is 25.0. The Labute approximate surface area is 383 Å². The van der Waals surface area contributed by atoms with Crippen LogP contribution in [0.4, 0.5) is 0 Å². The third-order valence-electron chi connectivity index (χ3n) is 12.0. The number of aliphatic hydroxyl groups excluding tert-OH is 5. The number of ether oxygens (including phenoxy) is 3. The Balaban J connectivity index is 2.16. The van der Waals surface area contributed by atoms with Crippen molar-refractivity contribution in [3.63, 3.8) is 0 Å².